The second-order valence-corrected chi connectivity index (χ2v) is 6.66. The molecule has 0 saturated heterocycles. The molecule has 1 heterocycles. The number of phenols is 1. The molecule has 0 spiro atoms. The van der Waals surface area contributed by atoms with Crippen LogP contribution >= 0.6 is 0 Å². The van der Waals surface area contributed by atoms with Gasteiger partial charge < -0.3 is 15.7 Å². The molecule has 3 heteroatoms. The molecule has 0 atom stereocenters. The normalized spacial score (nSPS) is 11.9. The van der Waals surface area contributed by atoms with Crippen molar-refractivity contribution in [2.75, 3.05) is 10.6 Å². The molecule has 0 aromatic heterocycles. The smallest absolute Gasteiger partial charge is 0.140 e. The van der Waals surface area contributed by atoms with Crippen molar-refractivity contribution in [3.63, 3.8) is 0 Å². The first-order valence-corrected chi connectivity index (χ1v) is 8.90. The van der Waals surface area contributed by atoms with Gasteiger partial charge in [-0.25, -0.2) is 0 Å². The first-order valence-electron chi connectivity index (χ1n) is 8.90. The Hall–Kier alpha value is -3.72. The zero-order valence-corrected chi connectivity index (χ0v) is 14.6. The molecule has 5 rings (SSSR count). The monoisotopic (exact) mass is 350 g/mol. The third kappa shape index (κ3) is 2.36. The number of rotatable bonds is 1. The highest BCUT2D eigenvalue weighted by Crippen LogP contribution is 2.50. The van der Waals surface area contributed by atoms with Crippen LogP contribution in [0.3, 0.4) is 0 Å². The lowest BCUT2D eigenvalue weighted by Crippen LogP contribution is -2.10. The van der Waals surface area contributed by atoms with Gasteiger partial charge in [0.25, 0.3) is 0 Å². The Kier molecular flexibility index (Phi) is 3.41. The van der Waals surface area contributed by atoms with E-state index in [9.17, 15) is 5.11 Å². The van der Waals surface area contributed by atoms with Crippen LogP contribution in [0.2, 0.25) is 0 Å². The first kappa shape index (κ1) is 15.5. The zero-order valence-electron chi connectivity index (χ0n) is 14.6. The molecule has 1 aliphatic rings. The van der Waals surface area contributed by atoms with Gasteiger partial charge in [0.1, 0.15) is 5.75 Å². The van der Waals surface area contributed by atoms with Crippen LogP contribution in [0.15, 0.2) is 91.0 Å². The molecule has 0 saturated carbocycles. The van der Waals surface area contributed by atoms with Crippen LogP contribution in [0.5, 0.6) is 5.75 Å². The van der Waals surface area contributed by atoms with E-state index in [1.165, 1.54) is 11.1 Å². The Balaban J connectivity index is 1.89. The van der Waals surface area contributed by atoms with Crippen molar-refractivity contribution >= 4 is 22.7 Å². The Morgan fingerprint density at radius 2 is 1.07 bits per heavy atom. The molecule has 0 amide bonds. The van der Waals surface area contributed by atoms with Gasteiger partial charge in [-0.1, -0.05) is 60.7 Å². The van der Waals surface area contributed by atoms with Crippen molar-refractivity contribution < 1.29 is 5.11 Å². The van der Waals surface area contributed by atoms with E-state index < -0.39 is 0 Å². The van der Waals surface area contributed by atoms with Crippen LogP contribution in [0.25, 0.3) is 22.3 Å². The Morgan fingerprint density at radius 1 is 0.593 bits per heavy atom. The van der Waals surface area contributed by atoms with Gasteiger partial charge in [-0.2, -0.15) is 0 Å². The second-order valence-electron chi connectivity index (χ2n) is 6.66. The molecule has 27 heavy (non-hydrogen) atoms. The van der Waals surface area contributed by atoms with Crippen molar-refractivity contribution in [1.82, 2.24) is 0 Å². The van der Waals surface area contributed by atoms with E-state index in [2.05, 4.69) is 65.6 Å². The van der Waals surface area contributed by atoms with E-state index in [1.807, 2.05) is 18.2 Å². The molecule has 0 aliphatic carbocycles. The average molecular weight is 350 g/mol. The van der Waals surface area contributed by atoms with Crippen molar-refractivity contribution in [1.29, 1.82) is 0 Å². The van der Waals surface area contributed by atoms with E-state index in [4.69, 9.17) is 5.73 Å². The molecule has 0 radical (unpaired) electrons. The molecule has 0 fully saturated rings. The van der Waals surface area contributed by atoms with Gasteiger partial charge in [0, 0.05) is 22.9 Å². The van der Waals surface area contributed by atoms with E-state index >= 15 is 0 Å². The number of para-hydroxylation sites is 2. The largest absolute Gasteiger partial charge is 0.506 e. The quantitative estimate of drug-likeness (QED) is 0.284. The fraction of sp³-hybridized carbons (Fsp3) is 0. The maximum absolute atomic E-state index is 10.2. The summed E-state index contributed by atoms with van der Waals surface area (Å²) < 4.78 is 0. The molecule has 3 N–H and O–H groups in total. The van der Waals surface area contributed by atoms with Gasteiger partial charge in [0.05, 0.1) is 17.1 Å². The summed E-state index contributed by atoms with van der Waals surface area (Å²) in [6.07, 6.45) is 0. The third-order valence-corrected chi connectivity index (χ3v) is 5.07. The lowest BCUT2D eigenvalue weighted by Gasteiger charge is -2.27. The maximum atomic E-state index is 10.2. The summed E-state index contributed by atoms with van der Waals surface area (Å²) in [6.45, 7) is 0. The van der Waals surface area contributed by atoms with Gasteiger partial charge in [-0.15, -0.1) is 0 Å². The summed E-state index contributed by atoms with van der Waals surface area (Å²) in [5, 5.41) is 10.2. The topological polar surface area (TPSA) is 49.5 Å². The fourth-order valence-corrected chi connectivity index (χ4v) is 3.82. The number of aromatic hydroxyl groups is 1. The van der Waals surface area contributed by atoms with Crippen LogP contribution < -0.4 is 10.6 Å². The first-order chi connectivity index (χ1) is 13.2. The predicted octanol–water partition coefficient (Wildman–Crippen LogP) is 6.09. The Bertz CT molecular complexity index is 1100. The number of nitrogen functional groups attached to an aromatic ring is 1. The molecule has 0 bridgehead atoms. The molecular weight excluding hydrogens is 332 g/mol. The van der Waals surface area contributed by atoms with Crippen molar-refractivity contribution in [3.05, 3.63) is 91.0 Å². The van der Waals surface area contributed by atoms with E-state index in [0.29, 0.717) is 5.69 Å². The lowest BCUT2D eigenvalue weighted by atomic mass is 9.95. The zero-order chi connectivity index (χ0) is 18.4. The number of phenolic OH excluding ortho intramolecular Hbond substituents is 1. The third-order valence-electron chi connectivity index (χ3n) is 5.07. The number of nitrogens with two attached hydrogens (primary N) is 1. The highest BCUT2D eigenvalue weighted by Gasteiger charge is 2.25. The summed E-state index contributed by atoms with van der Waals surface area (Å²) in [7, 11) is 0. The Labute approximate surface area is 157 Å². The van der Waals surface area contributed by atoms with E-state index in [-0.39, 0.29) is 5.75 Å². The number of benzene rings is 4. The summed E-state index contributed by atoms with van der Waals surface area (Å²) >= 11 is 0. The Morgan fingerprint density at radius 3 is 1.59 bits per heavy atom. The molecule has 1 aliphatic heterocycles. The van der Waals surface area contributed by atoms with Gasteiger partial charge >= 0.3 is 0 Å². The van der Waals surface area contributed by atoms with Crippen molar-refractivity contribution in [3.8, 4) is 28.0 Å². The van der Waals surface area contributed by atoms with Crippen LogP contribution in [-0.2, 0) is 0 Å². The SMILES string of the molecule is Nc1ccc(N2c3ccccc3-c3ccccc3-c3ccccc32)cc1O. The maximum Gasteiger partial charge on any atom is 0.140 e. The number of hydrogen-bond donors (Lipinski definition) is 2. The second kappa shape index (κ2) is 5.92. The molecule has 130 valence electrons. The van der Waals surface area contributed by atoms with Crippen LogP contribution in [0.1, 0.15) is 0 Å². The van der Waals surface area contributed by atoms with Gasteiger partial charge in [-0.05, 0) is 35.4 Å². The fourth-order valence-electron chi connectivity index (χ4n) is 3.82. The minimum absolute atomic E-state index is 0.0872. The van der Waals surface area contributed by atoms with Crippen LogP contribution in [0, 0.1) is 0 Å². The predicted molar refractivity (Wildman–Crippen MR) is 112 cm³/mol. The van der Waals surface area contributed by atoms with Gasteiger partial charge in [0.15, 0.2) is 0 Å². The molecule has 0 unspecified atom stereocenters. The van der Waals surface area contributed by atoms with Crippen LogP contribution in [-0.4, -0.2) is 5.11 Å². The van der Waals surface area contributed by atoms with Gasteiger partial charge in [-0.3, -0.25) is 0 Å². The highest BCUT2D eigenvalue weighted by atomic mass is 16.3. The summed E-state index contributed by atoms with van der Waals surface area (Å²) in [4.78, 5) is 2.18. The molecule has 4 aromatic rings. The van der Waals surface area contributed by atoms with Crippen molar-refractivity contribution in [2.24, 2.45) is 0 Å². The number of anilines is 4. The number of hydrogen-bond acceptors (Lipinski definition) is 3. The molecule has 3 nitrogen and oxygen atoms in total. The molecule has 4 aromatic carbocycles. The standard InChI is InChI=1S/C24H18N2O/c25-21-14-13-16(15-24(21)27)26-22-11-5-3-9-19(22)17-7-1-2-8-18(17)20-10-4-6-12-23(20)26/h1-15,27H,25H2. The molecular formula is C24H18N2O. The lowest BCUT2D eigenvalue weighted by molar-refractivity contribution is 0.478. The minimum Gasteiger partial charge on any atom is -0.506 e. The average Bonchev–Trinajstić information content (AvgIpc) is 2.83. The summed E-state index contributed by atoms with van der Waals surface area (Å²) in [5.41, 5.74) is 13.9. The number of nitrogens with zero attached hydrogens (tertiary/aromatic N) is 1. The minimum atomic E-state index is 0.0872. The van der Waals surface area contributed by atoms with E-state index in [1.54, 1.807) is 12.1 Å². The van der Waals surface area contributed by atoms with Crippen LogP contribution in [0.4, 0.5) is 22.7 Å². The summed E-state index contributed by atoms with van der Waals surface area (Å²) in [6, 6.07) is 30.6. The van der Waals surface area contributed by atoms with E-state index in [0.717, 1.165) is 28.2 Å². The van der Waals surface area contributed by atoms with Gasteiger partial charge in [0.2, 0.25) is 0 Å². The summed E-state index contributed by atoms with van der Waals surface area (Å²) in [5.74, 6) is 0.0872. The number of fused-ring (bicyclic) bond motifs is 5. The van der Waals surface area contributed by atoms with Crippen molar-refractivity contribution in [2.45, 2.75) is 0 Å². The highest BCUT2D eigenvalue weighted by molar-refractivity contribution is 6.02.